The first kappa shape index (κ1) is 80.1. The molecule has 2 atom stereocenters. The molecule has 82 heavy (non-hydrogen) atoms. The van der Waals surface area contributed by atoms with Gasteiger partial charge in [0.05, 0.1) is 25.4 Å². The van der Waals surface area contributed by atoms with E-state index in [0.717, 1.165) is 44.9 Å². The van der Waals surface area contributed by atoms with Crippen LogP contribution in [-0.4, -0.2) is 47.4 Å². The van der Waals surface area contributed by atoms with Crippen molar-refractivity contribution < 1.29 is 24.5 Å². The Morgan fingerprint density at radius 2 is 0.585 bits per heavy atom. The highest BCUT2D eigenvalue weighted by Gasteiger charge is 2.18. The second-order valence-electron chi connectivity index (χ2n) is 25.6. The Morgan fingerprint density at radius 3 is 0.902 bits per heavy atom. The number of ether oxygens (including phenoxy) is 1. The van der Waals surface area contributed by atoms with Crippen molar-refractivity contribution in [2.45, 2.75) is 424 Å². The zero-order valence-electron chi connectivity index (χ0n) is 55.5. The van der Waals surface area contributed by atoms with Crippen LogP contribution in [0, 0.1) is 0 Å². The van der Waals surface area contributed by atoms with Gasteiger partial charge in [-0.1, -0.05) is 359 Å². The van der Waals surface area contributed by atoms with Gasteiger partial charge in [-0.2, -0.15) is 0 Å². The molecule has 0 saturated carbocycles. The fourth-order valence-electron chi connectivity index (χ4n) is 11.7. The van der Waals surface area contributed by atoms with E-state index in [1.54, 1.807) is 6.08 Å². The third kappa shape index (κ3) is 67.2. The fraction of sp³-hybridized carbons (Fsp3) is 0.895. The molecule has 2 unspecified atom stereocenters. The summed E-state index contributed by atoms with van der Waals surface area (Å²) in [5, 5.41) is 23.3. The Balaban J connectivity index is 3.40. The van der Waals surface area contributed by atoms with Gasteiger partial charge >= 0.3 is 5.97 Å². The van der Waals surface area contributed by atoms with E-state index in [2.05, 4.69) is 43.5 Å². The van der Waals surface area contributed by atoms with Crippen molar-refractivity contribution in [2.24, 2.45) is 0 Å². The summed E-state index contributed by atoms with van der Waals surface area (Å²) in [6.07, 6.45) is 92.5. The Morgan fingerprint density at radius 1 is 0.329 bits per heavy atom. The highest BCUT2D eigenvalue weighted by Crippen LogP contribution is 2.19. The van der Waals surface area contributed by atoms with Gasteiger partial charge in [-0.25, -0.2) is 0 Å². The van der Waals surface area contributed by atoms with E-state index in [-0.39, 0.29) is 18.5 Å². The maximum absolute atomic E-state index is 12.5. The first-order valence-corrected chi connectivity index (χ1v) is 37.3. The molecule has 0 aromatic carbocycles. The number of carbonyl (C=O) groups excluding carboxylic acids is 2. The minimum Gasteiger partial charge on any atom is -0.466 e. The van der Waals surface area contributed by atoms with Crippen LogP contribution >= 0.6 is 0 Å². The van der Waals surface area contributed by atoms with Gasteiger partial charge in [0.25, 0.3) is 0 Å². The van der Waals surface area contributed by atoms with Crippen molar-refractivity contribution in [1.29, 1.82) is 0 Å². The van der Waals surface area contributed by atoms with Crippen LogP contribution in [0.1, 0.15) is 412 Å². The Hall–Kier alpha value is -1.92. The predicted octanol–water partition coefficient (Wildman–Crippen LogP) is 24.3. The summed E-state index contributed by atoms with van der Waals surface area (Å²) in [6, 6.07) is -0.628. The molecule has 0 aromatic heterocycles. The number of nitrogens with one attached hydrogen (secondary N) is 1. The number of aliphatic hydroxyl groups excluding tert-OH is 2. The standard InChI is InChI=1S/C76H145NO5/c1-3-5-7-9-11-13-15-16-17-18-19-20-30-33-36-39-42-45-49-52-56-60-64-68-74(79)73(72-78)77-75(80)69-65-61-57-53-50-46-43-40-37-34-31-28-26-24-22-21-23-25-27-29-32-35-38-41-44-47-51-55-59-63-67-71-82-76(81)70-66-62-58-54-48-14-12-10-8-6-4-2/h10,12,23,25,64,68,73-74,78-79H,3-9,11,13-22,24,26-63,65-67,69-72H2,1-2H3,(H,77,80)/b12-10-,25-23-,68-64+. The van der Waals surface area contributed by atoms with E-state index in [4.69, 9.17) is 4.74 Å². The SMILES string of the molecule is CCCC/C=C\CCCCCCCC(=O)OCCCCCCCCCCCCCC/C=C\CCCCCCCCCCCCCCCCCC(=O)NC(CO)C(O)/C=C/CCCCCCCCCCCCCCCCCCCCCCC. The van der Waals surface area contributed by atoms with Gasteiger partial charge in [0, 0.05) is 12.8 Å². The normalized spacial score (nSPS) is 12.7. The molecule has 0 fully saturated rings. The van der Waals surface area contributed by atoms with Crippen LogP contribution in [0.25, 0.3) is 0 Å². The molecule has 0 aromatic rings. The van der Waals surface area contributed by atoms with Crippen LogP contribution in [0.3, 0.4) is 0 Å². The molecule has 6 heteroatoms. The number of allylic oxidation sites excluding steroid dienone is 5. The predicted molar refractivity (Wildman–Crippen MR) is 361 cm³/mol. The average molecular weight is 1150 g/mol. The molecular formula is C76H145NO5. The molecule has 0 aliphatic rings. The van der Waals surface area contributed by atoms with Gasteiger partial charge < -0.3 is 20.3 Å². The molecule has 0 saturated heterocycles. The summed E-state index contributed by atoms with van der Waals surface area (Å²) < 4.78 is 5.47. The number of aliphatic hydroxyl groups is 2. The first-order valence-electron chi connectivity index (χ1n) is 37.3. The van der Waals surface area contributed by atoms with Crippen molar-refractivity contribution in [1.82, 2.24) is 5.32 Å². The second kappa shape index (κ2) is 71.6. The van der Waals surface area contributed by atoms with E-state index < -0.39 is 12.1 Å². The maximum Gasteiger partial charge on any atom is 0.305 e. The molecule has 3 N–H and O–H groups in total. The molecule has 1 amide bonds. The smallest absolute Gasteiger partial charge is 0.305 e. The van der Waals surface area contributed by atoms with Gasteiger partial charge in [-0.15, -0.1) is 0 Å². The van der Waals surface area contributed by atoms with Crippen molar-refractivity contribution in [3.63, 3.8) is 0 Å². The minimum atomic E-state index is -0.844. The van der Waals surface area contributed by atoms with E-state index in [9.17, 15) is 19.8 Å². The van der Waals surface area contributed by atoms with E-state index in [1.807, 2.05) is 6.08 Å². The summed E-state index contributed by atoms with van der Waals surface area (Å²) in [5.74, 6) is -0.0548. The summed E-state index contributed by atoms with van der Waals surface area (Å²) in [7, 11) is 0. The Labute approximate surface area is 513 Å². The topological polar surface area (TPSA) is 95.9 Å². The number of amides is 1. The van der Waals surface area contributed by atoms with Crippen LogP contribution < -0.4 is 5.32 Å². The number of hydrogen-bond acceptors (Lipinski definition) is 5. The van der Waals surface area contributed by atoms with Gasteiger partial charge in [0.2, 0.25) is 5.91 Å². The molecule has 0 radical (unpaired) electrons. The maximum atomic E-state index is 12.5. The van der Waals surface area contributed by atoms with Crippen LogP contribution in [-0.2, 0) is 14.3 Å². The molecule has 6 nitrogen and oxygen atoms in total. The molecule has 0 aliphatic carbocycles. The number of hydrogen-bond donors (Lipinski definition) is 3. The second-order valence-corrected chi connectivity index (χ2v) is 25.6. The monoisotopic (exact) mass is 1150 g/mol. The zero-order valence-corrected chi connectivity index (χ0v) is 55.5. The lowest BCUT2D eigenvalue weighted by Gasteiger charge is -2.20. The van der Waals surface area contributed by atoms with Gasteiger partial charge in [0.1, 0.15) is 0 Å². The van der Waals surface area contributed by atoms with Crippen LogP contribution in [0.2, 0.25) is 0 Å². The van der Waals surface area contributed by atoms with Crippen molar-refractivity contribution >= 4 is 11.9 Å². The van der Waals surface area contributed by atoms with E-state index in [1.165, 1.54) is 340 Å². The molecule has 484 valence electrons. The number of esters is 1. The molecule has 0 aliphatic heterocycles. The fourth-order valence-corrected chi connectivity index (χ4v) is 11.7. The quantitative estimate of drug-likeness (QED) is 0.0320. The lowest BCUT2D eigenvalue weighted by molar-refractivity contribution is -0.143. The first-order chi connectivity index (χ1) is 40.5. The van der Waals surface area contributed by atoms with Crippen LogP contribution in [0.15, 0.2) is 36.5 Å². The number of carbonyl (C=O) groups is 2. The molecule has 0 bridgehead atoms. The van der Waals surface area contributed by atoms with Crippen LogP contribution in [0.4, 0.5) is 0 Å². The van der Waals surface area contributed by atoms with Crippen LogP contribution in [0.5, 0.6) is 0 Å². The molecular weight excluding hydrogens is 1010 g/mol. The Kier molecular flexibility index (Phi) is 69.9. The van der Waals surface area contributed by atoms with Gasteiger partial charge in [-0.3, -0.25) is 9.59 Å². The third-order valence-electron chi connectivity index (χ3n) is 17.4. The average Bonchev–Trinajstić information content (AvgIpc) is 3.48. The number of unbranched alkanes of at least 4 members (excludes halogenated alkanes) is 55. The highest BCUT2D eigenvalue weighted by atomic mass is 16.5. The third-order valence-corrected chi connectivity index (χ3v) is 17.4. The molecule has 0 heterocycles. The zero-order chi connectivity index (χ0) is 59.2. The molecule has 0 rings (SSSR count). The van der Waals surface area contributed by atoms with Gasteiger partial charge in [-0.05, 0) is 77.0 Å². The lowest BCUT2D eigenvalue weighted by Crippen LogP contribution is -2.45. The van der Waals surface area contributed by atoms with Gasteiger partial charge in [0.15, 0.2) is 0 Å². The van der Waals surface area contributed by atoms with E-state index in [0.29, 0.717) is 19.4 Å². The van der Waals surface area contributed by atoms with Crippen molar-refractivity contribution in [3.8, 4) is 0 Å². The highest BCUT2D eigenvalue weighted by molar-refractivity contribution is 5.76. The van der Waals surface area contributed by atoms with Crippen molar-refractivity contribution in [3.05, 3.63) is 36.5 Å². The van der Waals surface area contributed by atoms with E-state index >= 15 is 0 Å². The summed E-state index contributed by atoms with van der Waals surface area (Å²) >= 11 is 0. The summed E-state index contributed by atoms with van der Waals surface area (Å²) in [4.78, 5) is 24.5. The summed E-state index contributed by atoms with van der Waals surface area (Å²) in [6.45, 7) is 4.90. The Bertz CT molecular complexity index is 1330. The molecule has 0 spiro atoms. The number of rotatable bonds is 70. The minimum absolute atomic E-state index is 0.00667. The lowest BCUT2D eigenvalue weighted by atomic mass is 10.0. The largest absolute Gasteiger partial charge is 0.466 e. The van der Waals surface area contributed by atoms with Crippen molar-refractivity contribution in [2.75, 3.05) is 13.2 Å². The summed E-state index contributed by atoms with van der Waals surface area (Å²) in [5.41, 5.74) is 0.